The average Bonchev–Trinajstić information content (AvgIpc) is 3.13. The van der Waals surface area contributed by atoms with Gasteiger partial charge in [-0.25, -0.2) is 0 Å². The van der Waals surface area contributed by atoms with Gasteiger partial charge < -0.3 is 20.1 Å². The zero-order valence-electron chi connectivity index (χ0n) is 14.5. The lowest BCUT2D eigenvalue weighted by Crippen LogP contribution is -2.12. The standard InChI is InChI=1S/C20H16ClN3O3/c1-12-16(21)3-2-4-17(12)23-15-7-13(9-22-10-15)20(25)24-14-5-6-18-19(8-14)27-11-26-18/h2-10,23H,11H2,1H3,(H,24,25). The molecule has 3 aromatic rings. The van der Waals surface area contributed by atoms with Crippen molar-refractivity contribution in [3.8, 4) is 11.5 Å². The molecule has 1 amide bonds. The van der Waals surface area contributed by atoms with E-state index in [9.17, 15) is 4.79 Å². The Morgan fingerprint density at radius 2 is 1.93 bits per heavy atom. The summed E-state index contributed by atoms with van der Waals surface area (Å²) in [4.78, 5) is 16.7. The van der Waals surface area contributed by atoms with Crippen molar-refractivity contribution in [2.75, 3.05) is 17.4 Å². The summed E-state index contributed by atoms with van der Waals surface area (Å²) < 4.78 is 10.6. The van der Waals surface area contributed by atoms with Gasteiger partial charge in [-0.15, -0.1) is 0 Å². The molecule has 0 spiro atoms. The molecule has 136 valence electrons. The van der Waals surface area contributed by atoms with Gasteiger partial charge in [0.25, 0.3) is 5.91 Å². The molecule has 0 unspecified atom stereocenters. The maximum Gasteiger partial charge on any atom is 0.257 e. The van der Waals surface area contributed by atoms with Gasteiger partial charge in [-0.1, -0.05) is 17.7 Å². The fraction of sp³-hybridized carbons (Fsp3) is 0.100. The molecule has 27 heavy (non-hydrogen) atoms. The van der Waals surface area contributed by atoms with Crippen LogP contribution >= 0.6 is 11.6 Å². The van der Waals surface area contributed by atoms with Crippen molar-refractivity contribution in [1.82, 2.24) is 4.98 Å². The SMILES string of the molecule is Cc1c(Cl)cccc1Nc1cncc(C(=O)Nc2ccc3c(c2)OCO3)c1. The van der Waals surface area contributed by atoms with Crippen molar-refractivity contribution in [2.24, 2.45) is 0 Å². The summed E-state index contributed by atoms with van der Waals surface area (Å²) in [5.41, 5.74) is 3.52. The van der Waals surface area contributed by atoms with Crippen LogP contribution in [0.15, 0.2) is 54.9 Å². The quantitative estimate of drug-likeness (QED) is 0.681. The van der Waals surface area contributed by atoms with E-state index in [0.29, 0.717) is 33.5 Å². The molecule has 2 N–H and O–H groups in total. The summed E-state index contributed by atoms with van der Waals surface area (Å²) in [7, 11) is 0. The summed E-state index contributed by atoms with van der Waals surface area (Å²) in [6, 6.07) is 12.6. The molecule has 4 rings (SSSR count). The largest absolute Gasteiger partial charge is 0.454 e. The maximum atomic E-state index is 12.6. The van der Waals surface area contributed by atoms with Crippen LogP contribution in [0.25, 0.3) is 0 Å². The van der Waals surface area contributed by atoms with Gasteiger partial charge in [0, 0.05) is 28.7 Å². The molecule has 1 aliphatic heterocycles. The summed E-state index contributed by atoms with van der Waals surface area (Å²) in [5.74, 6) is 1.00. The number of hydrogen-bond donors (Lipinski definition) is 2. The topological polar surface area (TPSA) is 72.5 Å². The summed E-state index contributed by atoms with van der Waals surface area (Å²) in [6.45, 7) is 2.11. The zero-order valence-corrected chi connectivity index (χ0v) is 15.2. The number of anilines is 3. The van der Waals surface area contributed by atoms with Crippen LogP contribution in [0, 0.1) is 6.92 Å². The van der Waals surface area contributed by atoms with Crippen molar-refractivity contribution in [2.45, 2.75) is 6.92 Å². The van der Waals surface area contributed by atoms with E-state index in [2.05, 4.69) is 15.6 Å². The average molecular weight is 382 g/mol. The molecule has 0 saturated carbocycles. The number of ether oxygens (including phenoxy) is 2. The predicted molar refractivity (Wildman–Crippen MR) is 104 cm³/mol. The van der Waals surface area contributed by atoms with Gasteiger partial charge in [-0.05, 0) is 42.8 Å². The first-order valence-electron chi connectivity index (χ1n) is 8.28. The smallest absolute Gasteiger partial charge is 0.257 e. The van der Waals surface area contributed by atoms with E-state index in [1.54, 1.807) is 30.5 Å². The Morgan fingerprint density at radius 1 is 1.07 bits per heavy atom. The van der Waals surface area contributed by atoms with Crippen LogP contribution in [-0.2, 0) is 0 Å². The first-order valence-corrected chi connectivity index (χ1v) is 8.66. The Labute approximate surface area is 161 Å². The lowest BCUT2D eigenvalue weighted by molar-refractivity contribution is 0.102. The number of hydrogen-bond acceptors (Lipinski definition) is 5. The molecule has 1 aromatic heterocycles. The molecular formula is C20H16ClN3O3. The highest BCUT2D eigenvalue weighted by Gasteiger charge is 2.15. The number of carbonyl (C=O) groups excluding carboxylic acids is 1. The van der Waals surface area contributed by atoms with E-state index in [0.717, 1.165) is 11.3 Å². The second-order valence-electron chi connectivity index (χ2n) is 6.02. The minimum absolute atomic E-state index is 0.188. The van der Waals surface area contributed by atoms with Gasteiger partial charge in [-0.2, -0.15) is 0 Å². The summed E-state index contributed by atoms with van der Waals surface area (Å²) in [6.07, 6.45) is 3.16. The van der Waals surface area contributed by atoms with Crippen LogP contribution in [0.5, 0.6) is 11.5 Å². The lowest BCUT2D eigenvalue weighted by atomic mass is 10.2. The van der Waals surface area contributed by atoms with Crippen molar-refractivity contribution in [3.05, 3.63) is 71.0 Å². The van der Waals surface area contributed by atoms with Crippen LogP contribution in [0.4, 0.5) is 17.1 Å². The molecule has 1 aliphatic rings. The lowest BCUT2D eigenvalue weighted by Gasteiger charge is -2.11. The molecule has 0 saturated heterocycles. The van der Waals surface area contributed by atoms with Gasteiger partial charge in [0.1, 0.15) is 0 Å². The van der Waals surface area contributed by atoms with E-state index in [1.807, 2.05) is 25.1 Å². The molecule has 6 nitrogen and oxygen atoms in total. The predicted octanol–water partition coefficient (Wildman–Crippen LogP) is 4.77. The van der Waals surface area contributed by atoms with Crippen LogP contribution in [-0.4, -0.2) is 17.7 Å². The number of fused-ring (bicyclic) bond motifs is 1. The summed E-state index contributed by atoms with van der Waals surface area (Å²) in [5, 5.41) is 6.75. The third-order valence-electron chi connectivity index (χ3n) is 4.18. The normalized spacial score (nSPS) is 11.9. The van der Waals surface area contributed by atoms with Crippen molar-refractivity contribution < 1.29 is 14.3 Å². The Balaban J connectivity index is 1.51. The van der Waals surface area contributed by atoms with E-state index >= 15 is 0 Å². The fourth-order valence-electron chi connectivity index (χ4n) is 2.71. The molecule has 0 bridgehead atoms. The molecular weight excluding hydrogens is 366 g/mol. The highest BCUT2D eigenvalue weighted by molar-refractivity contribution is 6.31. The number of pyridine rings is 1. The molecule has 0 atom stereocenters. The van der Waals surface area contributed by atoms with E-state index in [1.165, 1.54) is 6.20 Å². The Morgan fingerprint density at radius 3 is 2.81 bits per heavy atom. The minimum atomic E-state index is -0.271. The zero-order chi connectivity index (χ0) is 18.8. The van der Waals surface area contributed by atoms with Crippen molar-refractivity contribution in [3.63, 3.8) is 0 Å². The highest BCUT2D eigenvalue weighted by Crippen LogP contribution is 2.34. The van der Waals surface area contributed by atoms with E-state index in [4.69, 9.17) is 21.1 Å². The van der Waals surface area contributed by atoms with Crippen LogP contribution < -0.4 is 20.1 Å². The number of nitrogens with one attached hydrogen (secondary N) is 2. The second-order valence-corrected chi connectivity index (χ2v) is 6.43. The van der Waals surface area contributed by atoms with Gasteiger partial charge in [0.2, 0.25) is 6.79 Å². The third kappa shape index (κ3) is 3.66. The van der Waals surface area contributed by atoms with Gasteiger partial charge in [-0.3, -0.25) is 9.78 Å². The molecule has 0 radical (unpaired) electrons. The van der Waals surface area contributed by atoms with Gasteiger partial charge in [0.05, 0.1) is 17.4 Å². The molecule has 2 aromatic carbocycles. The minimum Gasteiger partial charge on any atom is -0.454 e. The number of halogens is 1. The Kier molecular flexibility index (Phi) is 4.56. The third-order valence-corrected chi connectivity index (χ3v) is 4.59. The van der Waals surface area contributed by atoms with Crippen LogP contribution in [0.1, 0.15) is 15.9 Å². The Hall–Kier alpha value is -3.25. The van der Waals surface area contributed by atoms with Crippen molar-refractivity contribution >= 4 is 34.6 Å². The molecule has 7 heteroatoms. The van der Waals surface area contributed by atoms with E-state index < -0.39 is 0 Å². The molecule has 2 heterocycles. The van der Waals surface area contributed by atoms with Crippen molar-refractivity contribution in [1.29, 1.82) is 0 Å². The molecule has 0 fully saturated rings. The highest BCUT2D eigenvalue weighted by atomic mass is 35.5. The number of benzene rings is 2. The van der Waals surface area contributed by atoms with Gasteiger partial charge in [0.15, 0.2) is 11.5 Å². The first-order chi connectivity index (χ1) is 13.1. The number of aromatic nitrogens is 1. The van der Waals surface area contributed by atoms with Gasteiger partial charge >= 0.3 is 0 Å². The number of amides is 1. The van der Waals surface area contributed by atoms with Crippen LogP contribution in [0.3, 0.4) is 0 Å². The monoisotopic (exact) mass is 381 g/mol. The van der Waals surface area contributed by atoms with Crippen LogP contribution in [0.2, 0.25) is 5.02 Å². The first kappa shape index (κ1) is 17.2. The summed E-state index contributed by atoms with van der Waals surface area (Å²) >= 11 is 6.15. The Bertz CT molecular complexity index is 1020. The molecule has 0 aliphatic carbocycles. The number of carbonyl (C=O) groups is 1. The second kappa shape index (κ2) is 7.17. The fourth-order valence-corrected chi connectivity index (χ4v) is 2.88. The van der Waals surface area contributed by atoms with E-state index in [-0.39, 0.29) is 12.7 Å². The number of rotatable bonds is 4. The number of nitrogens with zero attached hydrogens (tertiary/aromatic N) is 1. The maximum absolute atomic E-state index is 12.6.